The number of hydrogen-bond donors (Lipinski definition) is 1. The Balaban J connectivity index is 1.62. The average molecular weight is 544 g/mol. The van der Waals surface area contributed by atoms with E-state index in [1.807, 2.05) is 49.4 Å². The van der Waals surface area contributed by atoms with Crippen LogP contribution in [0.3, 0.4) is 0 Å². The molecule has 0 fully saturated rings. The molecule has 0 radical (unpaired) electrons. The number of nitrogens with one attached hydrogen (secondary N) is 1. The van der Waals surface area contributed by atoms with Gasteiger partial charge in [0.05, 0.1) is 23.1 Å². The molecule has 5 rings (SSSR count). The quantitative estimate of drug-likeness (QED) is 0.296. The Bertz CT molecular complexity index is 1770. The van der Waals surface area contributed by atoms with Crippen molar-refractivity contribution in [1.82, 2.24) is 14.5 Å². The van der Waals surface area contributed by atoms with Gasteiger partial charge in [0, 0.05) is 22.2 Å². The number of fused-ring (bicyclic) bond motifs is 1. The van der Waals surface area contributed by atoms with Gasteiger partial charge in [-0.05, 0) is 66.6 Å². The van der Waals surface area contributed by atoms with Crippen LogP contribution in [0.15, 0.2) is 101 Å². The molecule has 38 heavy (non-hydrogen) atoms. The predicted molar refractivity (Wildman–Crippen MR) is 152 cm³/mol. The fraction of sp³-hybridized carbons (Fsp3) is 0.100. The fourth-order valence-electron chi connectivity index (χ4n) is 4.27. The molecule has 8 heteroatoms. The number of carbonyl (C=O) groups is 1. The zero-order valence-corrected chi connectivity index (χ0v) is 22.0. The molecule has 1 heterocycles. The highest BCUT2D eigenvalue weighted by Gasteiger charge is 2.17. The molecule has 4 aromatic carbocycles. The van der Waals surface area contributed by atoms with Crippen LogP contribution in [-0.2, 0) is 13.1 Å². The van der Waals surface area contributed by atoms with E-state index in [4.69, 9.17) is 23.2 Å². The number of halogens is 2. The van der Waals surface area contributed by atoms with Crippen molar-refractivity contribution in [3.63, 3.8) is 0 Å². The Hall–Kier alpha value is -4.13. The summed E-state index contributed by atoms with van der Waals surface area (Å²) >= 11 is 12.3. The van der Waals surface area contributed by atoms with Crippen molar-refractivity contribution in [3.05, 3.63) is 144 Å². The van der Waals surface area contributed by atoms with Gasteiger partial charge in [0.2, 0.25) is 0 Å². The third kappa shape index (κ3) is 5.14. The molecule has 1 aromatic heterocycles. The van der Waals surface area contributed by atoms with E-state index < -0.39 is 11.2 Å². The van der Waals surface area contributed by atoms with Crippen LogP contribution in [0.25, 0.3) is 16.6 Å². The predicted octanol–water partition coefficient (Wildman–Crippen LogP) is 5.75. The Kier molecular flexibility index (Phi) is 7.18. The maximum atomic E-state index is 13.8. The highest BCUT2D eigenvalue weighted by Crippen LogP contribution is 2.18. The molecule has 0 saturated heterocycles. The van der Waals surface area contributed by atoms with Gasteiger partial charge < -0.3 is 5.32 Å². The van der Waals surface area contributed by atoms with Crippen LogP contribution in [-0.4, -0.2) is 15.0 Å². The second-order valence-corrected chi connectivity index (χ2v) is 9.82. The summed E-state index contributed by atoms with van der Waals surface area (Å²) in [7, 11) is 0. The van der Waals surface area contributed by atoms with Crippen molar-refractivity contribution in [3.8, 4) is 5.69 Å². The van der Waals surface area contributed by atoms with Crippen LogP contribution in [0, 0.1) is 6.92 Å². The third-order valence-corrected chi connectivity index (χ3v) is 6.97. The van der Waals surface area contributed by atoms with E-state index in [1.165, 1.54) is 4.57 Å². The molecule has 0 unspecified atom stereocenters. The van der Waals surface area contributed by atoms with E-state index in [1.54, 1.807) is 48.5 Å². The summed E-state index contributed by atoms with van der Waals surface area (Å²) in [6, 6.07) is 26.3. The molecular weight excluding hydrogens is 521 g/mol. The third-order valence-electron chi connectivity index (χ3n) is 6.35. The van der Waals surface area contributed by atoms with E-state index >= 15 is 0 Å². The number of carbonyl (C=O) groups excluding carboxylic acids is 1. The van der Waals surface area contributed by atoms with E-state index in [2.05, 4.69) is 5.32 Å². The van der Waals surface area contributed by atoms with Crippen LogP contribution >= 0.6 is 23.2 Å². The minimum absolute atomic E-state index is 0.184. The molecule has 0 spiro atoms. The lowest BCUT2D eigenvalue weighted by molar-refractivity contribution is 0.0951. The SMILES string of the molecule is Cc1ccc(-n2c(=O)c3ccc(C(=O)NCc4ccccc4Cl)cc3n(Cc3ccc(Cl)cc3)c2=O)cc1. The lowest BCUT2D eigenvalue weighted by Crippen LogP contribution is -2.39. The van der Waals surface area contributed by atoms with Gasteiger partial charge in [-0.25, -0.2) is 9.36 Å². The van der Waals surface area contributed by atoms with Gasteiger partial charge in [-0.2, -0.15) is 0 Å². The van der Waals surface area contributed by atoms with Crippen molar-refractivity contribution >= 4 is 40.0 Å². The van der Waals surface area contributed by atoms with Gasteiger partial charge in [0.1, 0.15) is 0 Å². The first-order chi connectivity index (χ1) is 18.3. The maximum absolute atomic E-state index is 13.8. The van der Waals surface area contributed by atoms with Crippen molar-refractivity contribution in [2.45, 2.75) is 20.0 Å². The van der Waals surface area contributed by atoms with E-state index in [0.29, 0.717) is 32.2 Å². The normalized spacial score (nSPS) is 11.0. The molecule has 0 aliphatic rings. The second-order valence-electron chi connectivity index (χ2n) is 8.98. The minimum atomic E-state index is -0.505. The molecule has 190 valence electrons. The summed E-state index contributed by atoms with van der Waals surface area (Å²) < 4.78 is 2.67. The number of benzene rings is 4. The molecule has 0 bridgehead atoms. The van der Waals surface area contributed by atoms with Gasteiger partial charge in [0.25, 0.3) is 11.5 Å². The van der Waals surface area contributed by atoms with Gasteiger partial charge in [-0.3, -0.25) is 14.2 Å². The van der Waals surface area contributed by atoms with Gasteiger partial charge in [0.15, 0.2) is 0 Å². The molecule has 1 N–H and O–H groups in total. The molecule has 0 aliphatic heterocycles. The lowest BCUT2D eigenvalue weighted by Gasteiger charge is -2.16. The van der Waals surface area contributed by atoms with Crippen LogP contribution in [0.2, 0.25) is 10.0 Å². The number of rotatable bonds is 6. The highest BCUT2D eigenvalue weighted by atomic mass is 35.5. The molecule has 5 aromatic rings. The largest absolute Gasteiger partial charge is 0.348 e. The molecule has 1 amide bonds. The Morgan fingerprint density at radius 2 is 1.58 bits per heavy atom. The first-order valence-electron chi connectivity index (χ1n) is 11.9. The van der Waals surface area contributed by atoms with Gasteiger partial charge >= 0.3 is 5.69 Å². The highest BCUT2D eigenvalue weighted by molar-refractivity contribution is 6.31. The summed E-state index contributed by atoms with van der Waals surface area (Å²) in [6.07, 6.45) is 0. The Labute approximate surface area is 228 Å². The average Bonchev–Trinajstić information content (AvgIpc) is 2.92. The first kappa shape index (κ1) is 25.5. The number of hydrogen-bond acceptors (Lipinski definition) is 3. The number of nitrogens with zero attached hydrogens (tertiary/aromatic N) is 2. The van der Waals surface area contributed by atoms with Crippen LogP contribution < -0.4 is 16.6 Å². The summed E-state index contributed by atoms with van der Waals surface area (Å²) in [5.74, 6) is -0.347. The zero-order valence-electron chi connectivity index (χ0n) is 20.4. The molecule has 0 saturated carbocycles. The topological polar surface area (TPSA) is 73.1 Å². The molecule has 0 atom stereocenters. The molecular formula is C30H23Cl2N3O3. The van der Waals surface area contributed by atoms with Gasteiger partial charge in [-0.15, -0.1) is 0 Å². The van der Waals surface area contributed by atoms with Crippen LogP contribution in [0.5, 0.6) is 0 Å². The molecule has 6 nitrogen and oxygen atoms in total. The summed E-state index contributed by atoms with van der Waals surface area (Å²) in [5, 5.41) is 4.31. The van der Waals surface area contributed by atoms with Crippen LogP contribution in [0.1, 0.15) is 27.0 Å². The number of amides is 1. The Morgan fingerprint density at radius 3 is 2.29 bits per heavy atom. The van der Waals surface area contributed by atoms with E-state index in [-0.39, 0.29) is 19.0 Å². The van der Waals surface area contributed by atoms with Crippen molar-refractivity contribution in [2.24, 2.45) is 0 Å². The Morgan fingerprint density at radius 1 is 0.868 bits per heavy atom. The maximum Gasteiger partial charge on any atom is 0.336 e. The minimum Gasteiger partial charge on any atom is -0.348 e. The first-order valence-corrected chi connectivity index (χ1v) is 12.7. The smallest absolute Gasteiger partial charge is 0.336 e. The van der Waals surface area contributed by atoms with E-state index in [0.717, 1.165) is 21.3 Å². The van der Waals surface area contributed by atoms with Crippen LogP contribution in [0.4, 0.5) is 0 Å². The summed E-state index contributed by atoms with van der Waals surface area (Å²) in [5.41, 5.74) is 2.81. The van der Waals surface area contributed by atoms with E-state index in [9.17, 15) is 14.4 Å². The second kappa shape index (κ2) is 10.7. The summed E-state index contributed by atoms with van der Waals surface area (Å²) in [6.45, 7) is 2.36. The van der Waals surface area contributed by atoms with Crippen molar-refractivity contribution in [1.29, 1.82) is 0 Å². The van der Waals surface area contributed by atoms with Crippen molar-refractivity contribution < 1.29 is 4.79 Å². The fourth-order valence-corrected chi connectivity index (χ4v) is 4.60. The molecule has 0 aliphatic carbocycles. The monoisotopic (exact) mass is 543 g/mol. The number of aryl methyl sites for hydroxylation is 1. The van der Waals surface area contributed by atoms with Gasteiger partial charge in [-0.1, -0.05) is 71.2 Å². The zero-order chi connectivity index (χ0) is 26.8. The lowest BCUT2D eigenvalue weighted by atomic mass is 10.1. The standard InChI is InChI=1S/C30H23Cl2N3O3/c1-19-6-13-24(14-7-19)35-29(37)25-15-10-21(28(36)33-17-22-4-2-3-5-26(22)32)16-27(25)34(30(35)38)18-20-8-11-23(31)12-9-20/h2-16H,17-18H2,1H3,(H,33,36). The summed E-state index contributed by atoms with van der Waals surface area (Å²) in [4.78, 5) is 40.3. The van der Waals surface area contributed by atoms with Crippen molar-refractivity contribution in [2.75, 3.05) is 0 Å². The number of aromatic nitrogens is 2.